The minimum atomic E-state index is 0.236. The topological polar surface area (TPSA) is 21.3 Å². The number of fused-ring (bicyclic) bond motifs is 1. The van der Waals surface area contributed by atoms with E-state index in [1.165, 1.54) is 17.5 Å². The molecule has 0 bridgehead atoms. The van der Waals surface area contributed by atoms with Crippen LogP contribution in [0, 0.1) is 0 Å². The Labute approximate surface area is 94.6 Å². The van der Waals surface area contributed by atoms with Crippen molar-refractivity contribution in [1.82, 2.24) is 5.32 Å². The number of halogens is 1. The highest BCUT2D eigenvalue weighted by Crippen LogP contribution is 2.34. The molecule has 0 saturated carbocycles. The van der Waals surface area contributed by atoms with Crippen molar-refractivity contribution in [3.63, 3.8) is 0 Å². The van der Waals surface area contributed by atoms with Crippen LogP contribution in [0.25, 0.3) is 0 Å². The standard InChI is InChI=1S/C12H14ClNO/c13-9-1-2-10-8(7-9)4-6-15-12(10)11-3-5-14-11/h1-2,7,11-12,14H,3-6H2/t11-,12+/m1/s1. The summed E-state index contributed by atoms with van der Waals surface area (Å²) in [5, 5.41) is 4.24. The lowest BCUT2D eigenvalue weighted by atomic mass is 9.89. The average Bonchev–Trinajstić information content (AvgIpc) is 2.15. The van der Waals surface area contributed by atoms with E-state index in [2.05, 4.69) is 17.4 Å². The fraction of sp³-hybridized carbons (Fsp3) is 0.500. The van der Waals surface area contributed by atoms with Gasteiger partial charge in [-0.05, 0) is 42.6 Å². The summed E-state index contributed by atoms with van der Waals surface area (Å²) in [7, 11) is 0. The van der Waals surface area contributed by atoms with E-state index in [1.807, 2.05) is 6.07 Å². The maximum absolute atomic E-state index is 6.00. The average molecular weight is 224 g/mol. The molecule has 0 spiro atoms. The van der Waals surface area contributed by atoms with E-state index in [0.29, 0.717) is 6.04 Å². The van der Waals surface area contributed by atoms with E-state index in [9.17, 15) is 0 Å². The van der Waals surface area contributed by atoms with Gasteiger partial charge in [-0.25, -0.2) is 0 Å². The van der Waals surface area contributed by atoms with Gasteiger partial charge in [-0.3, -0.25) is 0 Å². The first-order chi connectivity index (χ1) is 7.34. The second kappa shape index (κ2) is 3.78. The maximum atomic E-state index is 6.00. The fourth-order valence-electron chi connectivity index (χ4n) is 2.36. The van der Waals surface area contributed by atoms with Gasteiger partial charge < -0.3 is 10.1 Å². The van der Waals surface area contributed by atoms with E-state index in [1.54, 1.807) is 0 Å². The van der Waals surface area contributed by atoms with Gasteiger partial charge in [0, 0.05) is 11.1 Å². The van der Waals surface area contributed by atoms with Gasteiger partial charge in [-0.2, -0.15) is 0 Å². The monoisotopic (exact) mass is 223 g/mol. The van der Waals surface area contributed by atoms with Crippen molar-refractivity contribution in [2.45, 2.75) is 25.0 Å². The third-order valence-electron chi connectivity index (χ3n) is 3.31. The van der Waals surface area contributed by atoms with Gasteiger partial charge in [-0.15, -0.1) is 0 Å². The van der Waals surface area contributed by atoms with Crippen LogP contribution in [-0.2, 0) is 11.2 Å². The first-order valence-electron chi connectivity index (χ1n) is 5.48. The molecule has 3 heteroatoms. The van der Waals surface area contributed by atoms with E-state index < -0.39 is 0 Å². The van der Waals surface area contributed by atoms with Gasteiger partial charge in [-0.1, -0.05) is 17.7 Å². The predicted molar refractivity (Wildman–Crippen MR) is 60.3 cm³/mol. The largest absolute Gasteiger partial charge is 0.372 e. The summed E-state index contributed by atoms with van der Waals surface area (Å²) in [4.78, 5) is 0. The highest BCUT2D eigenvalue weighted by Gasteiger charge is 2.32. The molecule has 1 saturated heterocycles. The normalized spacial score (nSPS) is 29.4. The molecule has 1 fully saturated rings. The second-order valence-corrected chi connectivity index (χ2v) is 4.67. The number of rotatable bonds is 1. The van der Waals surface area contributed by atoms with Gasteiger partial charge in [0.15, 0.2) is 0 Å². The first-order valence-corrected chi connectivity index (χ1v) is 5.86. The smallest absolute Gasteiger partial charge is 0.0981 e. The fourth-order valence-corrected chi connectivity index (χ4v) is 2.55. The van der Waals surface area contributed by atoms with Crippen molar-refractivity contribution in [2.75, 3.05) is 13.2 Å². The van der Waals surface area contributed by atoms with Crippen molar-refractivity contribution in [3.05, 3.63) is 34.3 Å². The van der Waals surface area contributed by atoms with Crippen molar-refractivity contribution >= 4 is 11.6 Å². The Kier molecular flexibility index (Phi) is 2.43. The molecule has 0 aromatic heterocycles. The zero-order valence-corrected chi connectivity index (χ0v) is 9.26. The highest BCUT2D eigenvalue weighted by molar-refractivity contribution is 6.30. The molecule has 1 aromatic rings. The van der Waals surface area contributed by atoms with Crippen LogP contribution in [0.3, 0.4) is 0 Å². The summed E-state index contributed by atoms with van der Waals surface area (Å²) in [6.45, 7) is 1.93. The molecule has 2 atom stereocenters. The van der Waals surface area contributed by atoms with Crippen molar-refractivity contribution < 1.29 is 4.74 Å². The van der Waals surface area contributed by atoms with Crippen molar-refractivity contribution in [3.8, 4) is 0 Å². The van der Waals surface area contributed by atoms with Gasteiger partial charge in [0.1, 0.15) is 0 Å². The Morgan fingerprint density at radius 3 is 3.00 bits per heavy atom. The molecule has 1 aromatic carbocycles. The molecule has 80 valence electrons. The van der Waals surface area contributed by atoms with E-state index >= 15 is 0 Å². The Bertz CT molecular complexity index is 376. The van der Waals surface area contributed by atoms with Crippen molar-refractivity contribution in [1.29, 1.82) is 0 Å². The van der Waals surface area contributed by atoms with Gasteiger partial charge >= 0.3 is 0 Å². The molecular formula is C12H14ClNO. The summed E-state index contributed by atoms with van der Waals surface area (Å²) in [5.74, 6) is 0. The van der Waals surface area contributed by atoms with Crippen LogP contribution in [0.5, 0.6) is 0 Å². The maximum Gasteiger partial charge on any atom is 0.0981 e. The minimum absolute atomic E-state index is 0.236. The van der Waals surface area contributed by atoms with Crippen LogP contribution < -0.4 is 5.32 Å². The molecule has 2 aliphatic rings. The van der Waals surface area contributed by atoms with Gasteiger partial charge in [0.2, 0.25) is 0 Å². The first kappa shape index (κ1) is 9.64. The molecule has 0 amide bonds. The zero-order valence-electron chi connectivity index (χ0n) is 8.50. The molecule has 1 N–H and O–H groups in total. The molecule has 0 radical (unpaired) electrons. The number of hydrogen-bond acceptors (Lipinski definition) is 2. The Morgan fingerprint density at radius 1 is 1.40 bits per heavy atom. The van der Waals surface area contributed by atoms with Crippen LogP contribution in [0.1, 0.15) is 23.7 Å². The Balaban J connectivity index is 1.95. The summed E-state index contributed by atoms with van der Waals surface area (Å²) >= 11 is 6.00. The molecule has 0 aliphatic carbocycles. The molecular weight excluding hydrogens is 210 g/mol. The van der Waals surface area contributed by atoms with Crippen LogP contribution in [0.15, 0.2) is 18.2 Å². The Hall–Kier alpha value is -0.570. The molecule has 0 unspecified atom stereocenters. The second-order valence-electron chi connectivity index (χ2n) is 4.23. The van der Waals surface area contributed by atoms with Gasteiger partial charge in [0.25, 0.3) is 0 Å². The minimum Gasteiger partial charge on any atom is -0.372 e. The molecule has 2 heterocycles. The summed E-state index contributed by atoms with van der Waals surface area (Å²) in [6, 6.07) is 6.65. The Morgan fingerprint density at radius 2 is 2.27 bits per heavy atom. The highest BCUT2D eigenvalue weighted by atomic mass is 35.5. The summed E-state index contributed by atoms with van der Waals surface area (Å²) in [5.41, 5.74) is 2.68. The van der Waals surface area contributed by atoms with Crippen LogP contribution in [-0.4, -0.2) is 19.2 Å². The summed E-state index contributed by atoms with van der Waals surface area (Å²) < 4.78 is 5.84. The lowest BCUT2D eigenvalue weighted by Crippen LogP contribution is -2.48. The number of nitrogens with one attached hydrogen (secondary N) is 1. The van der Waals surface area contributed by atoms with Crippen LogP contribution in [0.4, 0.5) is 0 Å². The lowest BCUT2D eigenvalue weighted by molar-refractivity contribution is -0.00148. The van der Waals surface area contributed by atoms with E-state index in [4.69, 9.17) is 16.3 Å². The molecule has 15 heavy (non-hydrogen) atoms. The third kappa shape index (κ3) is 1.67. The zero-order chi connectivity index (χ0) is 10.3. The quantitative estimate of drug-likeness (QED) is 0.789. The molecule has 2 nitrogen and oxygen atoms in total. The third-order valence-corrected chi connectivity index (χ3v) is 3.54. The van der Waals surface area contributed by atoms with E-state index in [-0.39, 0.29) is 6.10 Å². The van der Waals surface area contributed by atoms with Crippen molar-refractivity contribution in [2.24, 2.45) is 0 Å². The predicted octanol–water partition coefficient (Wildman–Crippen LogP) is 2.32. The summed E-state index contributed by atoms with van der Waals surface area (Å²) in [6.07, 6.45) is 2.44. The van der Waals surface area contributed by atoms with E-state index in [0.717, 1.165) is 24.6 Å². The SMILES string of the molecule is Clc1ccc2c(c1)CCO[C@@H]2[C@H]1CCN1. The number of benzene rings is 1. The lowest BCUT2D eigenvalue weighted by Gasteiger charge is -2.38. The molecule has 2 aliphatic heterocycles. The van der Waals surface area contributed by atoms with Crippen LogP contribution >= 0.6 is 11.6 Å². The van der Waals surface area contributed by atoms with Gasteiger partial charge in [0.05, 0.1) is 12.7 Å². The molecule has 3 rings (SSSR count). The number of hydrogen-bond donors (Lipinski definition) is 1. The van der Waals surface area contributed by atoms with Crippen LogP contribution in [0.2, 0.25) is 5.02 Å². The number of ether oxygens (including phenoxy) is 1.